The van der Waals surface area contributed by atoms with Gasteiger partial charge in [-0.15, -0.1) is 11.3 Å². The molecule has 1 aromatic rings. The molecule has 0 amide bonds. The third-order valence-electron chi connectivity index (χ3n) is 3.51. The van der Waals surface area contributed by atoms with Gasteiger partial charge in [0.15, 0.2) is 0 Å². The van der Waals surface area contributed by atoms with E-state index in [-0.39, 0.29) is 0 Å². The summed E-state index contributed by atoms with van der Waals surface area (Å²) >= 11 is 1.77. The zero-order valence-corrected chi connectivity index (χ0v) is 10.4. The van der Waals surface area contributed by atoms with E-state index in [1.54, 1.807) is 11.3 Å². The molecule has 2 heterocycles. The van der Waals surface area contributed by atoms with E-state index in [1.165, 1.54) is 43.8 Å². The van der Waals surface area contributed by atoms with Crippen molar-refractivity contribution < 1.29 is 0 Å². The molecule has 1 atom stereocenters. The molecule has 4 heteroatoms. The third kappa shape index (κ3) is 2.81. The van der Waals surface area contributed by atoms with Crippen LogP contribution < -0.4 is 5.32 Å². The lowest BCUT2D eigenvalue weighted by Crippen LogP contribution is -2.27. The van der Waals surface area contributed by atoms with Crippen molar-refractivity contribution in [1.29, 1.82) is 0 Å². The number of rotatable bonds is 5. The van der Waals surface area contributed by atoms with Crippen molar-refractivity contribution in [2.45, 2.75) is 31.8 Å². The normalized spacial score (nSPS) is 26.4. The van der Waals surface area contributed by atoms with Crippen molar-refractivity contribution >= 4 is 11.3 Å². The quantitative estimate of drug-likeness (QED) is 0.845. The Bertz CT molecular complexity index is 321. The van der Waals surface area contributed by atoms with Crippen molar-refractivity contribution in [3.8, 4) is 0 Å². The lowest BCUT2D eigenvalue weighted by atomic mass is 10.1. The molecule has 0 bridgehead atoms. The van der Waals surface area contributed by atoms with Gasteiger partial charge in [0.25, 0.3) is 0 Å². The van der Waals surface area contributed by atoms with Crippen molar-refractivity contribution in [2.24, 2.45) is 5.92 Å². The zero-order valence-electron chi connectivity index (χ0n) is 9.56. The van der Waals surface area contributed by atoms with Gasteiger partial charge < -0.3 is 5.32 Å². The molecule has 1 saturated carbocycles. The van der Waals surface area contributed by atoms with E-state index in [2.05, 4.69) is 15.2 Å². The summed E-state index contributed by atoms with van der Waals surface area (Å²) in [6, 6.07) is 0.857. The number of likely N-dealkylation sites (tertiary alicyclic amines) is 1. The summed E-state index contributed by atoms with van der Waals surface area (Å²) < 4.78 is 0. The van der Waals surface area contributed by atoms with Crippen LogP contribution in [0.3, 0.4) is 0 Å². The molecule has 1 aliphatic carbocycles. The van der Waals surface area contributed by atoms with E-state index in [0.29, 0.717) is 0 Å². The maximum absolute atomic E-state index is 4.13. The fourth-order valence-electron chi connectivity index (χ4n) is 2.38. The number of nitrogens with zero attached hydrogens (tertiary/aromatic N) is 2. The highest BCUT2D eigenvalue weighted by Crippen LogP contribution is 2.22. The van der Waals surface area contributed by atoms with Crippen LogP contribution >= 0.6 is 11.3 Å². The maximum atomic E-state index is 4.13. The highest BCUT2D eigenvalue weighted by atomic mass is 32.1. The average Bonchev–Trinajstić information content (AvgIpc) is 2.78. The molecule has 1 aliphatic heterocycles. The molecule has 2 fully saturated rings. The Morgan fingerprint density at radius 1 is 1.44 bits per heavy atom. The Balaban J connectivity index is 1.41. The van der Waals surface area contributed by atoms with Gasteiger partial charge in [-0.05, 0) is 38.3 Å². The Kier molecular flexibility index (Phi) is 3.22. The highest BCUT2D eigenvalue weighted by molar-refractivity contribution is 7.09. The van der Waals surface area contributed by atoms with Gasteiger partial charge in [0.2, 0.25) is 0 Å². The highest BCUT2D eigenvalue weighted by Gasteiger charge is 2.26. The predicted molar refractivity (Wildman–Crippen MR) is 66.5 cm³/mol. The van der Waals surface area contributed by atoms with Gasteiger partial charge in [-0.3, -0.25) is 9.88 Å². The van der Waals surface area contributed by atoms with Crippen LogP contribution in [0.15, 0.2) is 11.7 Å². The van der Waals surface area contributed by atoms with Crippen molar-refractivity contribution in [3.63, 3.8) is 0 Å². The fraction of sp³-hybridized carbons (Fsp3) is 0.750. The SMILES string of the molecule is c1ncc(CN2CCC(CNC3CC3)C2)s1. The van der Waals surface area contributed by atoms with Gasteiger partial charge in [-0.2, -0.15) is 0 Å². The Morgan fingerprint density at radius 2 is 2.38 bits per heavy atom. The summed E-state index contributed by atoms with van der Waals surface area (Å²) in [6.07, 6.45) is 6.16. The molecule has 1 N–H and O–H groups in total. The molecule has 0 spiro atoms. The summed E-state index contributed by atoms with van der Waals surface area (Å²) in [7, 11) is 0. The number of hydrogen-bond acceptors (Lipinski definition) is 4. The minimum Gasteiger partial charge on any atom is -0.314 e. The maximum Gasteiger partial charge on any atom is 0.0794 e. The first kappa shape index (κ1) is 10.7. The van der Waals surface area contributed by atoms with Crippen LogP contribution in [0.5, 0.6) is 0 Å². The van der Waals surface area contributed by atoms with Crippen molar-refractivity contribution in [3.05, 3.63) is 16.6 Å². The molecule has 2 aliphatic rings. The number of thiazole rings is 1. The first-order chi connectivity index (χ1) is 7.90. The second-order valence-electron chi connectivity index (χ2n) is 5.04. The smallest absolute Gasteiger partial charge is 0.0794 e. The van der Waals surface area contributed by atoms with E-state index in [0.717, 1.165) is 18.5 Å². The molecule has 3 rings (SSSR count). The van der Waals surface area contributed by atoms with Crippen LogP contribution in [0.2, 0.25) is 0 Å². The van der Waals surface area contributed by atoms with Crippen LogP contribution in [0, 0.1) is 5.92 Å². The Labute approximate surface area is 101 Å². The minimum atomic E-state index is 0.857. The molecule has 1 unspecified atom stereocenters. The summed E-state index contributed by atoms with van der Waals surface area (Å²) in [5.41, 5.74) is 1.93. The molecule has 0 aromatic carbocycles. The predicted octanol–water partition coefficient (Wildman–Crippen LogP) is 1.72. The van der Waals surface area contributed by atoms with Crippen LogP contribution in [0.1, 0.15) is 24.1 Å². The average molecular weight is 237 g/mol. The molecule has 16 heavy (non-hydrogen) atoms. The second kappa shape index (κ2) is 4.82. The standard InChI is InChI=1S/C12H19N3S/c1-2-11(1)14-5-10-3-4-15(7-10)8-12-6-13-9-16-12/h6,9-11,14H,1-5,7-8H2. The Hall–Kier alpha value is -0.450. The third-order valence-corrected chi connectivity index (χ3v) is 4.27. The summed E-state index contributed by atoms with van der Waals surface area (Å²) in [5, 5.41) is 3.64. The van der Waals surface area contributed by atoms with Crippen molar-refractivity contribution in [1.82, 2.24) is 15.2 Å². The van der Waals surface area contributed by atoms with Gasteiger partial charge >= 0.3 is 0 Å². The summed E-state index contributed by atoms with van der Waals surface area (Å²) in [5.74, 6) is 0.869. The topological polar surface area (TPSA) is 28.2 Å². The first-order valence-electron chi connectivity index (χ1n) is 6.23. The van der Waals surface area contributed by atoms with Gasteiger partial charge in [-0.1, -0.05) is 0 Å². The largest absolute Gasteiger partial charge is 0.314 e. The van der Waals surface area contributed by atoms with Crippen LogP contribution in [-0.4, -0.2) is 35.6 Å². The molecule has 0 radical (unpaired) electrons. The van der Waals surface area contributed by atoms with E-state index < -0.39 is 0 Å². The molecule has 1 saturated heterocycles. The summed E-state index contributed by atoms with van der Waals surface area (Å²) in [4.78, 5) is 8.09. The molecule has 3 nitrogen and oxygen atoms in total. The number of hydrogen-bond donors (Lipinski definition) is 1. The molecular weight excluding hydrogens is 218 g/mol. The lowest BCUT2D eigenvalue weighted by Gasteiger charge is -2.14. The van der Waals surface area contributed by atoms with Crippen LogP contribution in [0.4, 0.5) is 0 Å². The first-order valence-corrected chi connectivity index (χ1v) is 7.11. The monoisotopic (exact) mass is 237 g/mol. The van der Waals surface area contributed by atoms with E-state index in [9.17, 15) is 0 Å². The van der Waals surface area contributed by atoms with Crippen LogP contribution in [0.25, 0.3) is 0 Å². The van der Waals surface area contributed by atoms with E-state index in [4.69, 9.17) is 0 Å². The molecular formula is C12H19N3S. The minimum absolute atomic E-state index is 0.857. The van der Waals surface area contributed by atoms with Crippen LogP contribution in [-0.2, 0) is 6.54 Å². The van der Waals surface area contributed by atoms with Gasteiger partial charge in [0.05, 0.1) is 5.51 Å². The van der Waals surface area contributed by atoms with Gasteiger partial charge in [0, 0.05) is 30.2 Å². The summed E-state index contributed by atoms with van der Waals surface area (Å²) in [6.45, 7) is 4.85. The van der Waals surface area contributed by atoms with E-state index >= 15 is 0 Å². The number of aromatic nitrogens is 1. The molecule has 88 valence electrons. The Morgan fingerprint density at radius 3 is 3.12 bits per heavy atom. The van der Waals surface area contributed by atoms with Gasteiger partial charge in [-0.25, -0.2) is 0 Å². The fourth-order valence-corrected chi connectivity index (χ4v) is 3.02. The van der Waals surface area contributed by atoms with Gasteiger partial charge in [0.1, 0.15) is 0 Å². The zero-order chi connectivity index (χ0) is 10.8. The second-order valence-corrected chi connectivity index (χ2v) is 6.01. The lowest BCUT2D eigenvalue weighted by molar-refractivity contribution is 0.316. The van der Waals surface area contributed by atoms with Crippen molar-refractivity contribution in [2.75, 3.05) is 19.6 Å². The number of nitrogens with one attached hydrogen (secondary N) is 1. The van der Waals surface area contributed by atoms with E-state index in [1.807, 2.05) is 11.7 Å². The molecule has 1 aromatic heterocycles.